The summed E-state index contributed by atoms with van der Waals surface area (Å²) in [6.45, 7) is 2.82. The lowest BCUT2D eigenvalue weighted by Crippen LogP contribution is -2.35. The highest BCUT2D eigenvalue weighted by Crippen LogP contribution is 2.30. The van der Waals surface area contributed by atoms with Gasteiger partial charge in [-0.15, -0.1) is 11.3 Å². The molecule has 0 radical (unpaired) electrons. The van der Waals surface area contributed by atoms with Crippen LogP contribution in [0.5, 0.6) is 0 Å². The van der Waals surface area contributed by atoms with Crippen LogP contribution in [0, 0.1) is 0 Å². The zero-order valence-corrected chi connectivity index (χ0v) is 14.0. The third-order valence-electron chi connectivity index (χ3n) is 3.93. The van der Waals surface area contributed by atoms with Crippen LogP contribution in [0.2, 0.25) is 0 Å². The number of carbonyl (C=O) groups is 2. The van der Waals surface area contributed by atoms with E-state index >= 15 is 0 Å². The molecule has 0 saturated heterocycles. The number of carbonyl (C=O) groups excluding carboxylic acids is 2. The van der Waals surface area contributed by atoms with Crippen molar-refractivity contribution >= 4 is 34.5 Å². The molecule has 23 heavy (non-hydrogen) atoms. The Morgan fingerprint density at radius 3 is 2.91 bits per heavy atom. The molecule has 0 aliphatic carbocycles. The van der Waals surface area contributed by atoms with Gasteiger partial charge in [-0.25, -0.2) is 0 Å². The standard InChI is InChI=1S/C18H20N2O2S/c1-2-9-20-16-7-6-14(11-13(16)5-8-18(20)22)19-17(21)12-15-4-3-10-23-15/h3-4,6-7,10-11H,2,5,8-9,12H2,1H3,(H,19,21). The van der Waals surface area contributed by atoms with E-state index in [-0.39, 0.29) is 11.8 Å². The number of thiophene rings is 1. The molecule has 0 saturated carbocycles. The number of nitrogens with one attached hydrogen (secondary N) is 1. The van der Waals surface area contributed by atoms with Crippen molar-refractivity contribution in [1.29, 1.82) is 0 Å². The molecule has 2 amide bonds. The van der Waals surface area contributed by atoms with Crippen molar-refractivity contribution in [3.8, 4) is 0 Å². The molecule has 2 heterocycles. The molecular weight excluding hydrogens is 308 g/mol. The maximum Gasteiger partial charge on any atom is 0.229 e. The zero-order chi connectivity index (χ0) is 16.2. The molecule has 4 nitrogen and oxygen atoms in total. The third-order valence-corrected chi connectivity index (χ3v) is 4.80. The van der Waals surface area contributed by atoms with Crippen LogP contribution in [0.3, 0.4) is 0 Å². The smallest absolute Gasteiger partial charge is 0.229 e. The zero-order valence-electron chi connectivity index (χ0n) is 13.2. The van der Waals surface area contributed by atoms with Gasteiger partial charge in [-0.3, -0.25) is 9.59 Å². The Labute approximate surface area is 140 Å². The Morgan fingerprint density at radius 2 is 2.17 bits per heavy atom. The monoisotopic (exact) mass is 328 g/mol. The van der Waals surface area contributed by atoms with Crippen LogP contribution in [0.4, 0.5) is 11.4 Å². The molecule has 0 atom stereocenters. The molecule has 1 aliphatic heterocycles. The quantitative estimate of drug-likeness (QED) is 0.911. The number of nitrogens with zero attached hydrogens (tertiary/aromatic N) is 1. The van der Waals surface area contributed by atoms with E-state index in [1.54, 1.807) is 11.3 Å². The van der Waals surface area contributed by atoms with Gasteiger partial charge in [-0.1, -0.05) is 13.0 Å². The van der Waals surface area contributed by atoms with Crippen molar-refractivity contribution < 1.29 is 9.59 Å². The summed E-state index contributed by atoms with van der Waals surface area (Å²) in [4.78, 5) is 27.1. The van der Waals surface area contributed by atoms with Gasteiger partial charge >= 0.3 is 0 Å². The molecule has 1 aliphatic rings. The van der Waals surface area contributed by atoms with Crippen molar-refractivity contribution in [3.63, 3.8) is 0 Å². The van der Waals surface area contributed by atoms with Gasteiger partial charge < -0.3 is 10.2 Å². The highest BCUT2D eigenvalue weighted by molar-refractivity contribution is 7.10. The van der Waals surface area contributed by atoms with Gasteiger partial charge in [0.25, 0.3) is 0 Å². The fraction of sp³-hybridized carbons (Fsp3) is 0.333. The van der Waals surface area contributed by atoms with Gasteiger partial charge in [0, 0.05) is 29.2 Å². The number of hydrogen-bond acceptors (Lipinski definition) is 3. The lowest BCUT2D eigenvalue weighted by atomic mass is 10.00. The molecule has 0 unspecified atom stereocenters. The molecule has 1 aromatic carbocycles. The van der Waals surface area contributed by atoms with Gasteiger partial charge in [0.05, 0.1) is 6.42 Å². The fourth-order valence-electron chi connectivity index (χ4n) is 2.88. The minimum atomic E-state index is -0.00954. The van der Waals surface area contributed by atoms with Crippen molar-refractivity contribution in [3.05, 3.63) is 46.2 Å². The van der Waals surface area contributed by atoms with E-state index in [4.69, 9.17) is 0 Å². The maximum atomic E-state index is 12.1. The van der Waals surface area contributed by atoms with Gasteiger partial charge in [0.1, 0.15) is 0 Å². The normalized spacial score (nSPS) is 13.8. The van der Waals surface area contributed by atoms with Crippen LogP contribution in [0.15, 0.2) is 35.7 Å². The molecule has 2 aromatic rings. The molecule has 1 aromatic heterocycles. The van der Waals surface area contributed by atoms with Crippen LogP contribution >= 0.6 is 11.3 Å². The molecule has 0 bridgehead atoms. The Kier molecular flexibility index (Phi) is 4.76. The van der Waals surface area contributed by atoms with Crippen LogP contribution in [0.1, 0.15) is 30.2 Å². The predicted octanol–water partition coefficient (Wildman–Crippen LogP) is 3.62. The largest absolute Gasteiger partial charge is 0.326 e. The number of fused-ring (bicyclic) bond motifs is 1. The Balaban J connectivity index is 1.73. The van der Waals surface area contributed by atoms with Gasteiger partial charge in [-0.05, 0) is 48.1 Å². The van der Waals surface area contributed by atoms with E-state index in [1.165, 1.54) is 0 Å². The number of aryl methyl sites for hydroxylation is 1. The second kappa shape index (κ2) is 6.96. The summed E-state index contributed by atoms with van der Waals surface area (Å²) in [5.74, 6) is 0.179. The van der Waals surface area contributed by atoms with E-state index in [2.05, 4.69) is 12.2 Å². The van der Waals surface area contributed by atoms with Crippen LogP contribution in [-0.2, 0) is 22.4 Å². The second-order valence-corrected chi connectivity index (χ2v) is 6.73. The van der Waals surface area contributed by atoms with Crippen LogP contribution in [-0.4, -0.2) is 18.4 Å². The molecule has 1 N–H and O–H groups in total. The first-order valence-electron chi connectivity index (χ1n) is 7.93. The Bertz CT molecular complexity index is 710. The number of rotatable bonds is 5. The van der Waals surface area contributed by atoms with E-state index in [1.807, 2.05) is 40.6 Å². The lowest BCUT2D eigenvalue weighted by molar-refractivity contribution is -0.119. The van der Waals surface area contributed by atoms with E-state index in [0.717, 1.165) is 41.2 Å². The maximum absolute atomic E-state index is 12.1. The SMILES string of the molecule is CCCN1C(=O)CCc2cc(NC(=O)Cc3cccs3)ccc21. The highest BCUT2D eigenvalue weighted by atomic mass is 32.1. The third kappa shape index (κ3) is 3.62. The number of hydrogen-bond donors (Lipinski definition) is 1. The summed E-state index contributed by atoms with van der Waals surface area (Å²) < 4.78 is 0. The van der Waals surface area contributed by atoms with Gasteiger partial charge in [-0.2, -0.15) is 0 Å². The summed E-state index contributed by atoms with van der Waals surface area (Å²) in [7, 11) is 0. The highest BCUT2D eigenvalue weighted by Gasteiger charge is 2.23. The van der Waals surface area contributed by atoms with Crippen molar-refractivity contribution in [2.45, 2.75) is 32.6 Å². The van der Waals surface area contributed by atoms with E-state index < -0.39 is 0 Å². The summed E-state index contributed by atoms with van der Waals surface area (Å²) in [6, 6.07) is 9.74. The molecular formula is C18H20N2O2S. The average molecular weight is 328 g/mol. The summed E-state index contributed by atoms with van der Waals surface area (Å²) >= 11 is 1.59. The van der Waals surface area contributed by atoms with Crippen LogP contribution in [0.25, 0.3) is 0 Å². The first-order chi connectivity index (χ1) is 11.2. The lowest BCUT2D eigenvalue weighted by Gasteiger charge is -2.29. The first kappa shape index (κ1) is 15.7. The number of anilines is 2. The van der Waals surface area contributed by atoms with Gasteiger partial charge in [0.15, 0.2) is 0 Å². The minimum Gasteiger partial charge on any atom is -0.326 e. The minimum absolute atomic E-state index is 0.00954. The van der Waals surface area contributed by atoms with Crippen molar-refractivity contribution in [2.75, 3.05) is 16.8 Å². The molecule has 3 rings (SSSR count). The average Bonchev–Trinajstić information content (AvgIpc) is 3.03. The topological polar surface area (TPSA) is 49.4 Å². The molecule has 5 heteroatoms. The first-order valence-corrected chi connectivity index (χ1v) is 8.81. The summed E-state index contributed by atoms with van der Waals surface area (Å²) in [5, 5.41) is 4.93. The fourth-order valence-corrected chi connectivity index (χ4v) is 3.59. The summed E-state index contributed by atoms with van der Waals surface area (Å²) in [5.41, 5.74) is 2.92. The van der Waals surface area contributed by atoms with Gasteiger partial charge in [0.2, 0.25) is 11.8 Å². The molecule has 120 valence electrons. The van der Waals surface area contributed by atoms with E-state index in [0.29, 0.717) is 12.8 Å². The number of amides is 2. The predicted molar refractivity (Wildman–Crippen MR) is 94.1 cm³/mol. The second-order valence-electron chi connectivity index (χ2n) is 5.69. The summed E-state index contributed by atoms with van der Waals surface area (Å²) in [6.07, 6.45) is 2.61. The van der Waals surface area contributed by atoms with Crippen molar-refractivity contribution in [1.82, 2.24) is 0 Å². The van der Waals surface area contributed by atoms with Crippen LogP contribution < -0.4 is 10.2 Å². The molecule has 0 fully saturated rings. The van der Waals surface area contributed by atoms with Crippen molar-refractivity contribution in [2.24, 2.45) is 0 Å². The Morgan fingerprint density at radius 1 is 1.30 bits per heavy atom. The number of benzene rings is 1. The van der Waals surface area contributed by atoms with E-state index in [9.17, 15) is 9.59 Å². The molecule has 0 spiro atoms. The Hall–Kier alpha value is -2.14.